The van der Waals surface area contributed by atoms with Crippen molar-refractivity contribution in [3.8, 4) is 11.5 Å². The second-order valence-corrected chi connectivity index (χ2v) is 12.9. The van der Waals surface area contributed by atoms with Crippen LogP contribution in [0.1, 0.15) is 71.6 Å². The molecule has 0 aliphatic carbocycles. The maximum atomic E-state index is 12.8. The molecule has 0 saturated carbocycles. The number of nitrogens with zero attached hydrogens (tertiary/aromatic N) is 1. The van der Waals surface area contributed by atoms with Gasteiger partial charge in [-0.25, -0.2) is 0 Å². The first-order chi connectivity index (χ1) is 20.2. The first-order valence-corrected chi connectivity index (χ1v) is 14.7. The summed E-state index contributed by atoms with van der Waals surface area (Å²) >= 11 is 0. The van der Waals surface area contributed by atoms with E-state index in [9.17, 15) is 24.3 Å². The molecular weight excluding hydrogens is 630 g/mol. The van der Waals surface area contributed by atoms with E-state index >= 15 is 0 Å². The first kappa shape index (κ1) is 36.9. The summed E-state index contributed by atoms with van der Waals surface area (Å²) in [6.07, 6.45) is 0.712. The topological polar surface area (TPSA) is 134 Å². The Balaban J connectivity index is 0.00000675. The number of esters is 2. The van der Waals surface area contributed by atoms with E-state index in [1.165, 1.54) is 12.1 Å². The number of benzene rings is 2. The molecule has 10 nitrogen and oxygen atoms in total. The molecule has 0 aromatic heterocycles. The van der Waals surface area contributed by atoms with E-state index in [2.05, 4.69) is 10.6 Å². The summed E-state index contributed by atoms with van der Waals surface area (Å²) in [5.74, 6) is -1.11. The van der Waals surface area contributed by atoms with Gasteiger partial charge in [0, 0.05) is 26.2 Å². The van der Waals surface area contributed by atoms with Crippen LogP contribution in [0.5, 0.6) is 11.5 Å². The van der Waals surface area contributed by atoms with Crippen molar-refractivity contribution in [3.05, 3.63) is 59.7 Å². The summed E-state index contributed by atoms with van der Waals surface area (Å²) in [6.45, 7) is 11.7. The van der Waals surface area contributed by atoms with E-state index in [-0.39, 0.29) is 53.3 Å². The number of nitrogens with one attached hydrogen (secondary N) is 2. The molecule has 44 heavy (non-hydrogen) atoms. The van der Waals surface area contributed by atoms with Crippen molar-refractivity contribution in [2.75, 3.05) is 26.2 Å². The number of rotatable bonds is 11. The number of likely N-dealkylation sites (tertiary alicyclic amines) is 1. The number of hydrogen-bond donors (Lipinski definition) is 3. The van der Waals surface area contributed by atoms with Crippen LogP contribution in [0, 0.1) is 10.8 Å². The molecule has 242 valence electrons. The minimum Gasteiger partial charge on any atom is -0.422 e. The van der Waals surface area contributed by atoms with E-state index in [0.717, 1.165) is 12.0 Å². The second-order valence-electron chi connectivity index (χ2n) is 12.9. The van der Waals surface area contributed by atoms with Crippen LogP contribution in [0.15, 0.2) is 48.5 Å². The van der Waals surface area contributed by atoms with E-state index in [1.807, 2.05) is 30.3 Å². The molecule has 1 aliphatic rings. The fourth-order valence-electron chi connectivity index (χ4n) is 4.36. The molecule has 2 amide bonds. The SMILES string of the molecule is Br.CC(C)(C)C(=O)Oc1ccc(C(O)CNCCNC(=O)[C@H]2CCCN2C(=O)Cc2ccccc2)cc1OC(=O)C(C)(C)C. The van der Waals surface area contributed by atoms with E-state index in [1.54, 1.807) is 52.5 Å². The number of carbonyl (C=O) groups is 4. The van der Waals surface area contributed by atoms with Crippen molar-refractivity contribution >= 4 is 40.7 Å². The standard InChI is InChI=1S/C33H45N3O7.BrH/c1-32(2,3)30(40)42-26-15-14-23(20-27(26)43-31(41)33(4,5)6)25(37)21-34-16-17-35-29(39)24-13-10-18-36(24)28(38)19-22-11-8-7-9-12-22;/h7-9,11-12,14-15,20,24-25,34,37H,10,13,16-19,21H2,1-6H3,(H,35,39);1H/t24-,25?;/m1./s1. The summed E-state index contributed by atoms with van der Waals surface area (Å²) in [7, 11) is 0. The molecule has 2 atom stereocenters. The van der Waals surface area contributed by atoms with Gasteiger partial charge >= 0.3 is 11.9 Å². The number of ether oxygens (including phenoxy) is 2. The third-order valence-corrected chi connectivity index (χ3v) is 7.00. The molecule has 1 aliphatic heterocycles. The van der Waals surface area contributed by atoms with Crippen LogP contribution in [-0.2, 0) is 25.6 Å². The predicted octanol–water partition coefficient (Wildman–Crippen LogP) is 4.14. The molecule has 3 rings (SSSR count). The molecule has 2 aromatic carbocycles. The third kappa shape index (κ3) is 10.7. The smallest absolute Gasteiger partial charge is 0.316 e. The van der Waals surface area contributed by atoms with Gasteiger partial charge in [0.05, 0.1) is 23.4 Å². The van der Waals surface area contributed by atoms with E-state index in [0.29, 0.717) is 31.6 Å². The fraction of sp³-hybridized carbons (Fsp3) is 0.515. The predicted molar refractivity (Wildman–Crippen MR) is 173 cm³/mol. The Kier molecular flexibility index (Phi) is 13.5. The minimum atomic E-state index is -0.962. The molecule has 1 heterocycles. The van der Waals surface area contributed by atoms with Gasteiger partial charge in [0.2, 0.25) is 11.8 Å². The van der Waals surface area contributed by atoms with Gasteiger partial charge < -0.3 is 30.1 Å². The van der Waals surface area contributed by atoms with Crippen molar-refractivity contribution in [2.24, 2.45) is 10.8 Å². The van der Waals surface area contributed by atoms with Gasteiger partial charge in [-0.1, -0.05) is 36.4 Å². The van der Waals surface area contributed by atoms with Crippen molar-refractivity contribution in [1.82, 2.24) is 15.5 Å². The number of aliphatic hydroxyl groups is 1. The molecule has 3 N–H and O–H groups in total. The Morgan fingerprint density at radius 3 is 2.14 bits per heavy atom. The maximum absolute atomic E-state index is 12.8. The minimum absolute atomic E-state index is 0. The maximum Gasteiger partial charge on any atom is 0.316 e. The van der Waals surface area contributed by atoms with Crippen molar-refractivity contribution in [1.29, 1.82) is 0 Å². The average Bonchev–Trinajstić information content (AvgIpc) is 3.43. The highest BCUT2D eigenvalue weighted by molar-refractivity contribution is 8.93. The van der Waals surface area contributed by atoms with Gasteiger partial charge in [0.15, 0.2) is 11.5 Å². The van der Waals surface area contributed by atoms with Crippen molar-refractivity contribution < 1.29 is 33.8 Å². The zero-order valence-corrected chi connectivity index (χ0v) is 28.2. The van der Waals surface area contributed by atoms with Gasteiger partial charge in [0.1, 0.15) is 6.04 Å². The number of halogens is 1. The molecule has 1 saturated heterocycles. The Morgan fingerprint density at radius 1 is 0.909 bits per heavy atom. The van der Waals surface area contributed by atoms with Crippen LogP contribution < -0.4 is 20.1 Å². The lowest BCUT2D eigenvalue weighted by atomic mass is 9.97. The summed E-state index contributed by atoms with van der Waals surface area (Å²) in [4.78, 5) is 52.4. The normalized spacial score (nSPS) is 15.6. The van der Waals surface area contributed by atoms with Gasteiger partial charge in [-0.15, -0.1) is 17.0 Å². The second kappa shape index (κ2) is 16.2. The Morgan fingerprint density at radius 2 is 1.52 bits per heavy atom. The molecule has 0 spiro atoms. The van der Waals surface area contributed by atoms with Crippen LogP contribution in [0.25, 0.3) is 0 Å². The van der Waals surface area contributed by atoms with Crippen LogP contribution in [0.2, 0.25) is 0 Å². The van der Waals surface area contributed by atoms with Crippen LogP contribution >= 0.6 is 17.0 Å². The number of aliphatic hydroxyl groups excluding tert-OH is 1. The third-order valence-electron chi connectivity index (χ3n) is 7.00. The first-order valence-electron chi connectivity index (χ1n) is 14.7. The number of carbonyl (C=O) groups excluding carboxylic acids is 4. The average molecular weight is 677 g/mol. The van der Waals surface area contributed by atoms with Gasteiger partial charge in [-0.2, -0.15) is 0 Å². The van der Waals surface area contributed by atoms with Gasteiger partial charge in [-0.3, -0.25) is 19.2 Å². The van der Waals surface area contributed by atoms with Crippen LogP contribution in [0.4, 0.5) is 0 Å². The zero-order valence-electron chi connectivity index (χ0n) is 26.5. The molecule has 0 bridgehead atoms. The highest BCUT2D eigenvalue weighted by Gasteiger charge is 2.34. The summed E-state index contributed by atoms with van der Waals surface area (Å²) in [5.41, 5.74) is -0.184. The van der Waals surface area contributed by atoms with Crippen LogP contribution in [0.3, 0.4) is 0 Å². The highest BCUT2D eigenvalue weighted by Crippen LogP contribution is 2.34. The zero-order chi connectivity index (χ0) is 31.8. The van der Waals surface area contributed by atoms with E-state index < -0.39 is 34.9 Å². The fourth-order valence-corrected chi connectivity index (χ4v) is 4.36. The molecule has 11 heteroatoms. The molecule has 1 unspecified atom stereocenters. The van der Waals surface area contributed by atoms with Crippen LogP contribution in [-0.4, -0.2) is 66.0 Å². The number of hydrogen-bond acceptors (Lipinski definition) is 8. The lowest BCUT2D eigenvalue weighted by molar-refractivity contribution is -0.145. The van der Waals surface area contributed by atoms with Crippen molar-refractivity contribution in [3.63, 3.8) is 0 Å². The lowest BCUT2D eigenvalue weighted by Crippen LogP contribution is -2.47. The largest absolute Gasteiger partial charge is 0.422 e. The molecular formula is C33H46BrN3O7. The number of amides is 2. The Labute approximate surface area is 270 Å². The molecule has 0 radical (unpaired) electrons. The quantitative estimate of drug-likeness (QED) is 0.184. The Hall–Kier alpha value is -3.28. The lowest BCUT2D eigenvalue weighted by Gasteiger charge is -2.24. The molecule has 2 aromatic rings. The van der Waals surface area contributed by atoms with E-state index in [4.69, 9.17) is 9.47 Å². The summed E-state index contributed by atoms with van der Waals surface area (Å²) in [5, 5.41) is 16.8. The van der Waals surface area contributed by atoms with Gasteiger partial charge in [-0.05, 0) is 77.6 Å². The van der Waals surface area contributed by atoms with Gasteiger partial charge in [0.25, 0.3) is 0 Å². The highest BCUT2D eigenvalue weighted by atomic mass is 79.9. The van der Waals surface area contributed by atoms with Crippen molar-refractivity contribution in [2.45, 2.75) is 73.0 Å². The summed E-state index contributed by atoms with van der Waals surface area (Å²) < 4.78 is 11.1. The molecule has 1 fully saturated rings. The summed E-state index contributed by atoms with van der Waals surface area (Å²) in [6, 6.07) is 13.6. The monoisotopic (exact) mass is 675 g/mol. The Bertz CT molecular complexity index is 1290.